The van der Waals surface area contributed by atoms with Crippen molar-refractivity contribution >= 4 is 23.1 Å². The Labute approximate surface area is 161 Å². The lowest BCUT2D eigenvalue weighted by Crippen LogP contribution is -2.29. The van der Waals surface area contributed by atoms with Gasteiger partial charge in [-0.1, -0.05) is 6.07 Å². The molecule has 1 fully saturated rings. The van der Waals surface area contributed by atoms with Crippen molar-refractivity contribution in [3.05, 3.63) is 35.5 Å². The summed E-state index contributed by atoms with van der Waals surface area (Å²) in [6, 6.07) is 5.48. The summed E-state index contributed by atoms with van der Waals surface area (Å²) in [4.78, 5) is 7.90. The summed E-state index contributed by atoms with van der Waals surface area (Å²) in [5.41, 5.74) is 0.554. The lowest BCUT2D eigenvalue weighted by Gasteiger charge is -2.21. The minimum absolute atomic E-state index is 0.0277. The topological polar surface area (TPSA) is 82.1 Å². The maximum Gasteiger partial charge on any atom is 0.421 e. The first-order valence-electron chi connectivity index (χ1n) is 9.06. The quantitative estimate of drug-likeness (QED) is 0.560. The molecule has 0 saturated heterocycles. The fraction of sp³-hybridized carbons (Fsp3) is 0.474. The van der Waals surface area contributed by atoms with Crippen LogP contribution in [0.25, 0.3) is 0 Å². The van der Waals surface area contributed by atoms with Gasteiger partial charge in [-0.15, -0.1) is 0 Å². The lowest BCUT2D eigenvalue weighted by atomic mass is 10.1. The highest BCUT2D eigenvalue weighted by Gasteiger charge is 2.36. The van der Waals surface area contributed by atoms with Gasteiger partial charge in [0.15, 0.2) is 0 Å². The molecule has 6 nitrogen and oxygen atoms in total. The Balaban J connectivity index is 1.83. The Morgan fingerprint density at radius 3 is 2.46 bits per heavy atom. The van der Waals surface area contributed by atoms with Gasteiger partial charge in [-0.2, -0.15) is 18.2 Å². The van der Waals surface area contributed by atoms with E-state index in [1.165, 1.54) is 0 Å². The molecule has 1 aromatic carbocycles. The van der Waals surface area contributed by atoms with Gasteiger partial charge in [-0.3, -0.25) is 0 Å². The highest BCUT2D eigenvalue weighted by molar-refractivity contribution is 5.69. The first-order chi connectivity index (χ1) is 13.0. The van der Waals surface area contributed by atoms with Crippen molar-refractivity contribution in [3.8, 4) is 0 Å². The Morgan fingerprint density at radius 1 is 1.18 bits per heavy atom. The van der Waals surface area contributed by atoms with E-state index < -0.39 is 17.3 Å². The Morgan fingerprint density at radius 2 is 1.86 bits per heavy atom. The van der Waals surface area contributed by atoms with Gasteiger partial charge in [0.2, 0.25) is 5.95 Å². The van der Waals surface area contributed by atoms with Crippen molar-refractivity contribution in [1.29, 1.82) is 0 Å². The van der Waals surface area contributed by atoms with E-state index in [0.29, 0.717) is 12.2 Å². The molecule has 0 bridgehead atoms. The zero-order valence-corrected chi connectivity index (χ0v) is 16.0. The van der Waals surface area contributed by atoms with Gasteiger partial charge in [0.05, 0.1) is 5.60 Å². The summed E-state index contributed by atoms with van der Waals surface area (Å²) < 4.78 is 39.6. The van der Waals surface area contributed by atoms with Crippen molar-refractivity contribution in [2.75, 3.05) is 22.5 Å². The fourth-order valence-electron chi connectivity index (χ4n) is 2.58. The van der Waals surface area contributed by atoms with Crippen molar-refractivity contribution in [2.24, 2.45) is 0 Å². The molecule has 0 spiro atoms. The van der Waals surface area contributed by atoms with Crippen LogP contribution in [0, 0.1) is 6.92 Å². The number of aromatic nitrogens is 2. The lowest BCUT2D eigenvalue weighted by molar-refractivity contribution is -0.137. The van der Waals surface area contributed by atoms with Crippen LogP contribution >= 0.6 is 0 Å². The van der Waals surface area contributed by atoms with Gasteiger partial charge in [0.25, 0.3) is 0 Å². The fourth-order valence-corrected chi connectivity index (χ4v) is 2.58. The maximum atomic E-state index is 13.2. The van der Waals surface area contributed by atoms with Gasteiger partial charge in [-0.25, -0.2) is 4.98 Å². The third-order valence-electron chi connectivity index (χ3n) is 4.30. The average molecular weight is 395 g/mol. The molecule has 0 aliphatic heterocycles. The summed E-state index contributed by atoms with van der Waals surface area (Å²) in [5.74, 6) is -0.125. The molecule has 2 aromatic rings. The van der Waals surface area contributed by atoms with Crippen LogP contribution in [0.2, 0.25) is 0 Å². The molecule has 152 valence electrons. The normalized spacial score (nSPS) is 14.7. The monoisotopic (exact) mass is 395 g/mol. The summed E-state index contributed by atoms with van der Waals surface area (Å²) >= 11 is 0. The molecule has 9 heteroatoms. The Kier molecular flexibility index (Phi) is 5.38. The number of benzene rings is 1. The second-order valence-corrected chi connectivity index (χ2v) is 7.64. The van der Waals surface area contributed by atoms with E-state index in [-0.39, 0.29) is 17.8 Å². The van der Waals surface area contributed by atoms with Crippen LogP contribution in [0.4, 0.5) is 36.3 Å². The predicted molar refractivity (Wildman–Crippen MR) is 103 cm³/mol. The minimum Gasteiger partial charge on any atom is -0.389 e. The number of alkyl halides is 3. The molecule has 1 saturated carbocycles. The number of nitrogens with zero attached hydrogens (tertiary/aromatic N) is 2. The summed E-state index contributed by atoms with van der Waals surface area (Å²) in [7, 11) is 0. The van der Waals surface area contributed by atoms with Crippen molar-refractivity contribution in [2.45, 2.75) is 51.4 Å². The van der Waals surface area contributed by atoms with E-state index in [0.717, 1.165) is 30.3 Å². The summed E-state index contributed by atoms with van der Waals surface area (Å²) in [6.45, 7) is 5.61. The molecule has 3 rings (SSSR count). The van der Waals surface area contributed by atoms with Crippen LogP contribution in [-0.2, 0) is 6.18 Å². The SMILES string of the molecule is Cc1c(NCC(C)(C)O)cccc1Nc1ncc(C(F)(F)F)c(NC2CC2)n1. The van der Waals surface area contributed by atoms with E-state index >= 15 is 0 Å². The smallest absolute Gasteiger partial charge is 0.389 e. The number of halogens is 3. The molecule has 0 unspecified atom stereocenters. The van der Waals surface area contributed by atoms with E-state index in [1.807, 2.05) is 13.0 Å². The van der Waals surface area contributed by atoms with Crippen LogP contribution in [0.3, 0.4) is 0 Å². The van der Waals surface area contributed by atoms with E-state index in [1.54, 1.807) is 26.0 Å². The molecule has 1 heterocycles. The standard InChI is InChI=1S/C19H24F3N5O/c1-11-14(24-10-18(2,3)28)5-4-6-15(11)26-17-23-9-13(19(20,21)22)16(27-17)25-12-7-8-12/h4-6,9,12,24,28H,7-8,10H2,1-3H3,(H2,23,25,26,27). The minimum atomic E-state index is -4.52. The molecule has 0 amide bonds. The number of rotatable bonds is 7. The van der Waals surface area contributed by atoms with Gasteiger partial charge in [-0.05, 0) is 51.3 Å². The third kappa shape index (κ3) is 5.25. The van der Waals surface area contributed by atoms with Gasteiger partial charge in [0.1, 0.15) is 11.4 Å². The predicted octanol–water partition coefficient (Wildman–Crippen LogP) is 4.30. The number of nitrogens with one attached hydrogen (secondary N) is 3. The molecule has 4 N–H and O–H groups in total. The molecule has 1 aliphatic carbocycles. The first kappa shape index (κ1) is 20.2. The van der Waals surface area contributed by atoms with Crippen LogP contribution in [0.5, 0.6) is 0 Å². The molecule has 1 aromatic heterocycles. The molecule has 28 heavy (non-hydrogen) atoms. The molecule has 0 radical (unpaired) electrons. The van der Waals surface area contributed by atoms with Gasteiger partial charge >= 0.3 is 6.18 Å². The van der Waals surface area contributed by atoms with Crippen molar-refractivity contribution in [1.82, 2.24) is 9.97 Å². The highest BCUT2D eigenvalue weighted by Crippen LogP contribution is 2.36. The molecule has 1 aliphatic rings. The second-order valence-electron chi connectivity index (χ2n) is 7.64. The number of hydrogen-bond donors (Lipinski definition) is 4. The largest absolute Gasteiger partial charge is 0.421 e. The van der Waals surface area contributed by atoms with Gasteiger partial charge in [0, 0.05) is 30.2 Å². The van der Waals surface area contributed by atoms with Crippen LogP contribution in [-0.4, -0.2) is 33.3 Å². The molecule has 0 atom stereocenters. The zero-order chi connectivity index (χ0) is 20.5. The molecular formula is C19H24F3N5O. The van der Waals surface area contributed by atoms with Crippen molar-refractivity contribution < 1.29 is 18.3 Å². The zero-order valence-electron chi connectivity index (χ0n) is 16.0. The van der Waals surface area contributed by atoms with Crippen molar-refractivity contribution in [3.63, 3.8) is 0 Å². The average Bonchev–Trinajstić information content (AvgIpc) is 3.38. The summed E-state index contributed by atoms with van der Waals surface area (Å²) in [6.07, 6.45) is -2.06. The first-order valence-corrected chi connectivity index (χ1v) is 9.06. The van der Waals surface area contributed by atoms with E-state index in [2.05, 4.69) is 25.9 Å². The van der Waals surface area contributed by atoms with E-state index in [9.17, 15) is 18.3 Å². The third-order valence-corrected chi connectivity index (χ3v) is 4.30. The van der Waals surface area contributed by atoms with Crippen LogP contribution < -0.4 is 16.0 Å². The number of anilines is 4. The second kappa shape index (κ2) is 7.46. The number of hydrogen-bond acceptors (Lipinski definition) is 6. The molecular weight excluding hydrogens is 371 g/mol. The van der Waals surface area contributed by atoms with E-state index in [4.69, 9.17) is 0 Å². The van der Waals surface area contributed by atoms with Crippen LogP contribution in [0.1, 0.15) is 37.8 Å². The summed E-state index contributed by atoms with van der Waals surface area (Å²) in [5, 5.41) is 18.9. The van der Waals surface area contributed by atoms with Crippen LogP contribution in [0.15, 0.2) is 24.4 Å². The Bertz CT molecular complexity index is 844. The Hall–Kier alpha value is -2.55. The van der Waals surface area contributed by atoms with Gasteiger partial charge < -0.3 is 21.1 Å². The number of aliphatic hydroxyl groups is 1. The highest BCUT2D eigenvalue weighted by atomic mass is 19.4. The maximum absolute atomic E-state index is 13.2.